The number of hydrogen-bond donors (Lipinski definition) is 1. The van der Waals surface area contributed by atoms with Crippen molar-refractivity contribution in [2.24, 2.45) is 5.92 Å². The van der Waals surface area contributed by atoms with E-state index < -0.39 is 6.10 Å². The highest BCUT2D eigenvalue weighted by Gasteiger charge is 2.26. The van der Waals surface area contributed by atoms with Gasteiger partial charge < -0.3 is 10.0 Å². The SMILES string of the molecule is CC1CC(C)N(c2ccc([C@@H](C)O)c(Br)c2)C1. The molecule has 94 valence electrons. The van der Waals surface area contributed by atoms with E-state index in [2.05, 4.69) is 46.8 Å². The molecular weight excluding hydrogens is 278 g/mol. The molecule has 1 heterocycles. The number of aliphatic hydroxyl groups is 1. The first kappa shape index (κ1) is 12.9. The minimum absolute atomic E-state index is 0.423. The number of rotatable bonds is 2. The molecule has 17 heavy (non-hydrogen) atoms. The van der Waals surface area contributed by atoms with Crippen molar-refractivity contribution in [1.82, 2.24) is 0 Å². The second-order valence-electron chi connectivity index (χ2n) is 5.22. The molecule has 0 amide bonds. The highest BCUT2D eigenvalue weighted by atomic mass is 79.9. The van der Waals surface area contributed by atoms with Gasteiger partial charge in [0.25, 0.3) is 0 Å². The van der Waals surface area contributed by atoms with Gasteiger partial charge >= 0.3 is 0 Å². The van der Waals surface area contributed by atoms with Gasteiger partial charge in [0.15, 0.2) is 0 Å². The summed E-state index contributed by atoms with van der Waals surface area (Å²) in [7, 11) is 0. The fourth-order valence-corrected chi connectivity index (χ4v) is 3.39. The molecule has 1 aromatic rings. The van der Waals surface area contributed by atoms with Crippen molar-refractivity contribution in [3.8, 4) is 0 Å². The molecule has 1 saturated heterocycles. The molecule has 0 radical (unpaired) electrons. The quantitative estimate of drug-likeness (QED) is 0.899. The van der Waals surface area contributed by atoms with Crippen LogP contribution in [-0.2, 0) is 0 Å². The van der Waals surface area contributed by atoms with Crippen LogP contribution in [0.3, 0.4) is 0 Å². The van der Waals surface area contributed by atoms with Gasteiger partial charge in [0.1, 0.15) is 0 Å². The van der Waals surface area contributed by atoms with E-state index in [1.165, 1.54) is 12.1 Å². The fraction of sp³-hybridized carbons (Fsp3) is 0.571. The summed E-state index contributed by atoms with van der Waals surface area (Å²) in [6.07, 6.45) is 0.837. The van der Waals surface area contributed by atoms with E-state index in [-0.39, 0.29) is 0 Å². The molecule has 2 nitrogen and oxygen atoms in total. The van der Waals surface area contributed by atoms with E-state index in [0.717, 1.165) is 22.5 Å². The van der Waals surface area contributed by atoms with Gasteiger partial charge in [-0.15, -0.1) is 0 Å². The average molecular weight is 298 g/mol. The predicted octanol–water partition coefficient (Wildman–Crippen LogP) is 3.74. The summed E-state index contributed by atoms with van der Waals surface area (Å²) < 4.78 is 0.997. The van der Waals surface area contributed by atoms with Crippen molar-refractivity contribution >= 4 is 21.6 Å². The van der Waals surface area contributed by atoms with Gasteiger partial charge in [-0.05, 0) is 43.9 Å². The van der Waals surface area contributed by atoms with Crippen LogP contribution in [0, 0.1) is 5.92 Å². The molecule has 1 fully saturated rings. The summed E-state index contributed by atoms with van der Waals surface area (Å²) >= 11 is 3.54. The maximum atomic E-state index is 9.61. The van der Waals surface area contributed by atoms with E-state index in [1.807, 2.05) is 6.07 Å². The molecule has 1 aromatic carbocycles. The molecule has 3 atom stereocenters. The Hall–Kier alpha value is -0.540. The predicted molar refractivity (Wildman–Crippen MR) is 75.4 cm³/mol. The summed E-state index contributed by atoms with van der Waals surface area (Å²) in [5.41, 5.74) is 2.20. The maximum absolute atomic E-state index is 9.61. The lowest BCUT2D eigenvalue weighted by Gasteiger charge is -2.25. The van der Waals surface area contributed by atoms with Gasteiger partial charge in [0.05, 0.1) is 6.10 Å². The topological polar surface area (TPSA) is 23.5 Å². The number of halogens is 1. The largest absolute Gasteiger partial charge is 0.389 e. The van der Waals surface area contributed by atoms with E-state index in [1.54, 1.807) is 6.92 Å². The molecule has 0 saturated carbocycles. The molecule has 2 unspecified atom stereocenters. The highest BCUT2D eigenvalue weighted by molar-refractivity contribution is 9.10. The normalized spacial score (nSPS) is 26.3. The fourth-order valence-electron chi connectivity index (χ4n) is 2.69. The van der Waals surface area contributed by atoms with Crippen LogP contribution < -0.4 is 4.90 Å². The standard InChI is InChI=1S/C14H20BrNO/c1-9-6-10(2)16(8-9)12-4-5-13(11(3)17)14(15)7-12/h4-5,7,9-11,17H,6,8H2,1-3H3/t9?,10?,11-/m1/s1. The molecule has 1 aliphatic rings. The summed E-state index contributed by atoms with van der Waals surface area (Å²) in [5.74, 6) is 0.764. The first-order chi connectivity index (χ1) is 7.99. The maximum Gasteiger partial charge on any atom is 0.0772 e. The van der Waals surface area contributed by atoms with E-state index >= 15 is 0 Å². The summed E-state index contributed by atoms with van der Waals surface area (Å²) in [6.45, 7) is 7.50. The van der Waals surface area contributed by atoms with E-state index in [4.69, 9.17) is 0 Å². The molecule has 1 N–H and O–H groups in total. The third-order valence-corrected chi connectivity index (χ3v) is 4.24. The van der Waals surface area contributed by atoms with E-state index in [9.17, 15) is 5.11 Å². The molecule has 0 bridgehead atoms. The summed E-state index contributed by atoms with van der Waals surface area (Å²) in [4.78, 5) is 2.45. The number of aliphatic hydroxyl groups excluding tert-OH is 1. The number of nitrogens with zero attached hydrogens (tertiary/aromatic N) is 1. The Balaban J connectivity index is 2.26. The first-order valence-electron chi connectivity index (χ1n) is 6.23. The zero-order valence-corrected chi connectivity index (χ0v) is 12.2. The summed E-state index contributed by atoms with van der Waals surface area (Å²) in [6, 6.07) is 6.85. The van der Waals surface area contributed by atoms with Crippen LogP contribution >= 0.6 is 15.9 Å². The van der Waals surface area contributed by atoms with Gasteiger partial charge in [-0.3, -0.25) is 0 Å². The lowest BCUT2D eigenvalue weighted by molar-refractivity contribution is 0.198. The van der Waals surface area contributed by atoms with Crippen molar-refractivity contribution in [3.63, 3.8) is 0 Å². The van der Waals surface area contributed by atoms with Crippen molar-refractivity contribution in [3.05, 3.63) is 28.2 Å². The molecule has 0 aromatic heterocycles. The van der Waals surface area contributed by atoms with Crippen LogP contribution in [-0.4, -0.2) is 17.7 Å². The Labute approximate surface area is 112 Å². The van der Waals surface area contributed by atoms with Gasteiger partial charge in [-0.2, -0.15) is 0 Å². The van der Waals surface area contributed by atoms with Crippen LogP contribution in [0.1, 0.15) is 38.9 Å². The Kier molecular flexibility index (Phi) is 3.79. The third-order valence-electron chi connectivity index (χ3n) is 3.55. The van der Waals surface area contributed by atoms with Crippen molar-refractivity contribution in [2.45, 2.75) is 39.3 Å². The lowest BCUT2D eigenvalue weighted by Crippen LogP contribution is -2.26. The second kappa shape index (κ2) is 4.99. The van der Waals surface area contributed by atoms with Gasteiger partial charge in [0, 0.05) is 22.7 Å². The zero-order chi connectivity index (χ0) is 12.6. The average Bonchev–Trinajstić information content (AvgIpc) is 2.57. The molecule has 3 heteroatoms. The number of anilines is 1. The van der Waals surface area contributed by atoms with Crippen LogP contribution in [0.5, 0.6) is 0 Å². The Morgan fingerprint density at radius 1 is 1.41 bits per heavy atom. The minimum Gasteiger partial charge on any atom is -0.389 e. The first-order valence-corrected chi connectivity index (χ1v) is 7.02. The zero-order valence-electron chi connectivity index (χ0n) is 10.7. The summed E-state index contributed by atoms with van der Waals surface area (Å²) in [5, 5.41) is 9.61. The smallest absolute Gasteiger partial charge is 0.0772 e. The van der Waals surface area contributed by atoms with Crippen LogP contribution in [0.15, 0.2) is 22.7 Å². The van der Waals surface area contributed by atoms with Crippen LogP contribution in [0.2, 0.25) is 0 Å². The third kappa shape index (κ3) is 2.66. The van der Waals surface area contributed by atoms with Crippen molar-refractivity contribution in [1.29, 1.82) is 0 Å². The lowest BCUT2D eigenvalue weighted by atomic mass is 10.1. The molecule has 0 spiro atoms. The van der Waals surface area contributed by atoms with Crippen LogP contribution in [0.4, 0.5) is 5.69 Å². The Bertz CT molecular complexity index is 405. The number of benzene rings is 1. The Morgan fingerprint density at radius 2 is 2.12 bits per heavy atom. The molecular formula is C14H20BrNO. The minimum atomic E-state index is -0.423. The molecule has 0 aliphatic carbocycles. The van der Waals surface area contributed by atoms with Crippen molar-refractivity contribution in [2.75, 3.05) is 11.4 Å². The van der Waals surface area contributed by atoms with Gasteiger partial charge in [0.2, 0.25) is 0 Å². The van der Waals surface area contributed by atoms with Crippen LogP contribution in [0.25, 0.3) is 0 Å². The van der Waals surface area contributed by atoms with Crippen molar-refractivity contribution < 1.29 is 5.11 Å². The highest BCUT2D eigenvalue weighted by Crippen LogP contribution is 2.33. The number of hydrogen-bond acceptors (Lipinski definition) is 2. The second-order valence-corrected chi connectivity index (χ2v) is 6.08. The van der Waals surface area contributed by atoms with Gasteiger partial charge in [-0.1, -0.05) is 28.9 Å². The molecule has 1 aliphatic heterocycles. The molecule has 2 rings (SSSR count). The van der Waals surface area contributed by atoms with E-state index in [0.29, 0.717) is 6.04 Å². The van der Waals surface area contributed by atoms with Gasteiger partial charge in [-0.25, -0.2) is 0 Å². The Morgan fingerprint density at radius 3 is 2.59 bits per heavy atom. The monoisotopic (exact) mass is 297 g/mol.